The van der Waals surface area contributed by atoms with Gasteiger partial charge in [0.15, 0.2) is 5.11 Å². The van der Waals surface area contributed by atoms with Crippen LogP contribution in [0.1, 0.15) is 31.2 Å². The Morgan fingerprint density at radius 1 is 1.43 bits per heavy atom. The third kappa shape index (κ3) is 4.00. The van der Waals surface area contributed by atoms with E-state index in [0.717, 1.165) is 55.9 Å². The summed E-state index contributed by atoms with van der Waals surface area (Å²) in [6, 6.07) is 5.98. The summed E-state index contributed by atoms with van der Waals surface area (Å²) in [5.74, 6) is 0.211. The van der Waals surface area contributed by atoms with Crippen molar-refractivity contribution in [3.8, 4) is 0 Å². The summed E-state index contributed by atoms with van der Waals surface area (Å²) in [6.45, 7) is 4.43. The smallest absolute Gasteiger partial charge is 0.227 e. The maximum absolute atomic E-state index is 11.9. The number of carbonyl (C=O) groups is 1. The zero-order chi connectivity index (χ0) is 16.2. The van der Waals surface area contributed by atoms with Crippen molar-refractivity contribution >= 4 is 34.6 Å². The lowest BCUT2D eigenvalue weighted by atomic mass is 10.1. The molecule has 5 nitrogen and oxygen atoms in total. The third-order valence-electron chi connectivity index (χ3n) is 4.33. The minimum absolute atomic E-state index is 0.211. The van der Waals surface area contributed by atoms with Crippen molar-refractivity contribution in [2.45, 2.75) is 38.7 Å². The molecule has 3 rings (SSSR count). The monoisotopic (exact) mass is 333 g/mol. The number of carbonyl (C=O) groups excluding carboxylic acids is 1. The first-order valence-corrected chi connectivity index (χ1v) is 8.62. The summed E-state index contributed by atoms with van der Waals surface area (Å²) in [6.07, 6.45) is 4.07. The van der Waals surface area contributed by atoms with Crippen LogP contribution in [0.2, 0.25) is 0 Å². The van der Waals surface area contributed by atoms with Crippen LogP contribution in [0.3, 0.4) is 0 Å². The Morgan fingerprint density at radius 2 is 2.30 bits per heavy atom. The van der Waals surface area contributed by atoms with Gasteiger partial charge in [0.2, 0.25) is 5.91 Å². The summed E-state index contributed by atoms with van der Waals surface area (Å²) < 4.78 is 5.57. The maximum Gasteiger partial charge on any atom is 0.227 e. The van der Waals surface area contributed by atoms with E-state index >= 15 is 0 Å². The molecule has 6 heteroatoms. The molecule has 23 heavy (non-hydrogen) atoms. The van der Waals surface area contributed by atoms with Gasteiger partial charge < -0.3 is 20.3 Å². The number of hydrogen-bond acceptors (Lipinski definition) is 3. The molecule has 0 unspecified atom stereocenters. The molecule has 2 fully saturated rings. The first kappa shape index (κ1) is 16.2. The second-order valence-electron chi connectivity index (χ2n) is 6.12. The van der Waals surface area contributed by atoms with Crippen LogP contribution in [0.5, 0.6) is 0 Å². The number of nitrogens with zero attached hydrogens (tertiary/aromatic N) is 1. The van der Waals surface area contributed by atoms with Crippen LogP contribution in [0, 0.1) is 6.92 Å². The molecule has 2 N–H and O–H groups in total. The molecule has 0 saturated carbocycles. The number of nitrogens with one attached hydrogen (secondary N) is 2. The van der Waals surface area contributed by atoms with Crippen molar-refractivity contribution < 1.29 is 9.53 Å². The number of ether oxygens (including phenoxy) is 1. The van der Waals surface area contributed by atoms with Crippen LogP contribution in [0.25, 0.3) is 0 Å². The van der Waals surface area contributed by atoms with Crippen molar-refractivity contribution in [3.63, 3.8) is 0 Å². The number of thiocarbonyl (C=S) groups is 1. The fraction of sp³-hybridized carbons (Fsp3) is 0.529. The fourth-order valence-electron chi connectivity index (χ4n) is 3.13. The van der Waals surface area contributed by atoms with Crippen LogP contribution in [0.4, 0.5) is 11.4 Å². The topological polar surface area (TPSA) is 53.6 Å². The molecule has 0 bridgehead atoms. The van der Waals surface area contributed by atoms with E-state index in [1.54, 1.807) is 0 Å². The average molecular weight is 333 g/mol. The molecule has 2 saturated heterocycles. The van der Waals surface area contributed by atoms with Gasteiger partial charge in [-0.1, -0.05) is 0 Å². The Balaban J connectivity index is 1.56. The Morgan fingerprint density at radius 3 is 2.96 bits per heavy atom. The highest BCUT2D eigenvalue weighted by Gasteiger charge is 2.23. The minimum atomic E-state index is 0.211. The Kier molecular flexibility index (Phi) is 5.13. The normalized spacial score (nSPS) is 20.8. The molecule has 2 heterocycles. The van der Waals surface area contributed by atoms with Gasteiger partial charge in [0.25, 0.3) is 0 Å². The summed E-state index contributed by atoms with van der Waals surface area (Å²) in [7, 11) is 0. The lowest BCUT2D eigenvalue weighted by Crippen LogP contribution is -2.34. The lowest BCUT2D eigenvalue weighted by molar-refractivity contribution is -0.117. The predicted octanol–water partition coefficient (Wildman–Crippen LogP) is 2.59. The second kappa shape index (κ2) is 7.27. The number of benzene rings is 1. The zero-order valence-corrected chi connectivity index (χ0v) is 14.2. The molecule has 0 spiro atoms. The van der Waals surface area contributed by atoms with Gasteiger partial charge in [-0.15, -0.1) is 0 Å². The van der Waals surface area contributed by atoms with Crippen molar-refractivity contribution in [1.29, 1.82) is 0 Å². The first-order valence-electron chi connectivity index (χ1n) is 8.21. The molecule has 1 aromatic rings. The van der Waals surface area contributed by atoms with Crippen LogP contribution >= 0.6 is 12.2 Å². The van der Waals surface area contributed by atoms with Gasteiger partial charge in [0.1, 0.15) is 0 Å². The summed E-state index contributed by atoms with van der Waals surface area (Å²) in [4.78, 5) is 13.7. The molecule has 2 aliphatic rings. The van der Waals surface area contributed by atoms with Crippen molar-refractivity contribution in [3.05, 3.63) is 23.8 Å². The molecule has 124 valence electrons. The van der Waals surface area contributed by atoms with Gasteiger partial charge in [-0.3, -0.25) is 4.79 Å². The van der Waals surface area contributed by atoms with E-state index in [9.17, 15) is 4.79 Å². The minimum Gasteiger partial charge on any atom is -0.376 e. The van der Waals surface area contributed by atoms with Gasteiger partial charge in [0, 0.05) is 37.5 Å². The van der Waals surface area contributed by atoms with Crippen molar-refractivity contribution in [2.24, 2.45) is 0 Å². The predicted molar refractivity (Wildman–Crippen MR) is 96.0 cm³/mol. The van der Waals surface area contributed by atoms with Gasteiger partial charge in [-0.2, -0.15) is 0 Å². The maximum atomic E-state index is 11.9. The van der Waals surface area contributed by atoms with E-state index in [2.05, 4.69) is 10.6 Å². The van der Waals surface area contributed by atoms with E-state index in [0.29, 0.717) is 11.5 Å². The molecular weight excluding hydrogens is 310 g/mol. The zero-order valence-electron chi connectivity index (χ0n) is 13.4. The third-order valence-corrected chi connectivity index (χ3v) is 4.58. The number of hydrogen-bond donors (Lipinski definition) is 2. The molecule has 0 radical (unpaired) electrons. The van der Waals surface area contributed by atoms with Gasteiger partial charge in [0.05, 0.1) is 6.10 Å². The molecule has 1 atom stereocenters. The summed E-state index contributed by atoms with van der Waals surface area (Å²) >= 11 is 5.33. The Hall–Kier alpha value is -1.66. The summed E-state index contributed by atoms with van der Waals surface area (Å²) in [5.41, 5.74) is 3.01. The Bertz CT molecular complexity index is 600. The van der Waals surface area contributed by atoms with Gasteiger partial charge in [-0.05, 0) is 62.2 Å². The molecule has 0 aliphatic carbocycles. The largest absolute Gasteiger partial charge is 0.376 e. The highest BCUT2D eigenvalue weighted by atomic mass is 32.1. The van der Waals surface area contributed by atoms with E-state index in [-0.39, 0.29) is 12.0 Å². The highest BCUT2D eigenvalue weighted by Crippen LogP contribution is 2.27. The number of aryl methyl sites for hydroxylation is 1. The average Bonchev–Trinajstić information content (AvgIpc) is 3.17. The standard InChI is InChI=1S/C17H23N3O2S/c1-12-10-13(6-7-15(12)20-8-2-5-16(20)21)19-17(23)18-11-14-4-3-9-22-14/h6-7,10,14H,2-5,8-9,11H2,1H3,(H2,18,19,23)/t14-/m1/s1. The highest BCUT2D eigenvalue weighted by molar-refractivity contribution is 7.80. The molecule has 2 aliphatic heterocycles. The van der Waals surface area contributed by atoms with E-state index < -0.39 is 0 Å². The van der Waals surface area contributed by atoms with Crippen molar-refractivity contribution in [2.75, 3.05) is 29.9 Å². The molecule has 1 aromatic carbocycles. The lowest BCUT2D eigenvalue weighted by Gasteiger charge is -2.20. The van der Waals surface area contributed by atoms with E-state index in [1.807, 2.05) is 30.0 Å². The quantitative estimate of drug-likeness (QED) is 0.830. The van der Waals surface area contributed by atoms with Crippen LogP contribution in [0.15, 0.2) is 18.2 Å². The SMILES string of the molecule is Cc1cc(NC(=S)NC[C@H]2CCCO2)ccc1N1CCCC1=O. The van der Waals surface area contributed by atoms with Crippen LogP contribution in [-0.4, -0.2) is 36.8 Å². The fourth-order valence-corrected chi connectivity index (χ4v) is 3.33. The van der Waals surface area contributed by atoms with Crippen LogP contribution < -0.4 is 15.5 Å². The molecule has 1 amide bonds. The number of anilines is 2. The van der Waals surface area contributed by atoms with Crippen LogP contribution in [-0.2, 0) is 9.53 Å². The van der Waals surface area contributed by atoms with Gasteiger partial charge in [-0.25, -0.2) is 0 Å². The first-order chi connectivity index (χ1) is 11.1. The summed E-state index contributed by atoms with van der Waals surface area (Å²) in [5, 5.41) is 7.00. The number of amides is 1. The number of rotatable bonds is 4. The van der Waals surface area contributed by atoms with Gasteiger partial charge >= 0.3 is 0 Å². The van der Waals surface area contributed by atoms with Crippen molar-refractivity contribution in [1.82, 2.24) is 5.32 Å². The van der Waals surface area contributed by atoms with E-state index in [4.69, 9.17) is 17.0 Å². The Labute approximate surface area is 142 Å². The second-order valence-corrected chi connectivity index (χ2v) is 6.53. The molecule has 0 aromatic heterocycles. The molecular formula is C17H23N3O2S. The van der Waals surface area contributed by atoms with E-state index in [1.165, 1.54) is 0 Å².